The van der Waals surface area contributed by atoms with Gasteiger partial charge in [0, 0.05) is 6.54 Å². The predicted octanol–water partition coefficient (Wildman–Crippen LogP) is 1.96. The maximum Gasteiger partial charge on any atom is 0.265 e. The quantitative estimate of drug-likeness (QED) is 0.710. The number of hydrogen-bond donors (Lipinski definition) is 0. The van der Waals surface area contributed by atoms with E-state index < -0.39 is 0 Å². The van der Waals surface area contributed by atoms with Crippen molar-refractivity contribution in [2.24, 2.45) is 0 Å². The summed E-state index contributed by atoms with van der Waals surface area (Å²) in [5.74, 6) is 0.0900. The lowest BCUT2D eigenvalue weighted by atomic mass is 10.3. The van der Waals surface area contributed by atoms with E-state index in [0.717, 1.165) is 24.4 Å². The van der Waals surface area contributed by atoms with Crippen molar-refractivity contribution >= 4 is 17.2 Å². The molecule has 1 aromatic heterocycles. The fourth-order valence-corrected chi connectivity index (χ4v) is 2.25. The molecule has 1 atom stereocenters. The van der Waals surface area contributed by atoms with E-state index >= 15 is 0 Å². The Morgan fingerprint density at radius 1 is 1.71 bits per heavy atom. The van der Waals surface area contributed by atoms with Gasteiger partial charge in [-0.15, -0.1) is 11.3 Å². The van der Waals surface area contributed by atoms with Crippen LogP contribution in [0.15, 0.2) is 17.5 Å². The van der Waals surface area contributed by atoms with Crippen molar-refractivity contribution in [1.82, 2.24) is 4.90 Å². The molecule has 0 aliphatic carbocycles. The molecule has 1 aliphatic heterocycles. The van der Waals surface area contributed by atoms with E-state index in [-0.39, 0.29) is 12.1 Å². The number of ether oxygens (including phenoxy) is 1. The monoisotopic (exact) mass is 211 g/mol. The van der Waals surface area contributed by atoms with E-state index in [2.05, 4.69) is 0 Å². The molecule has 1 fully saturated rings. The molecule has 1 unspecified atom stereocenters. The Hall–Kier alpha value is -0.870. The van der Waals surface area contributed by atoms with E-state index in [4.69, 9.17) is 4.74 Å². The number of thiophene rings is 1. The molecule has 0 aromatic carbocycles. The van der Waals surface area contributed by atoms with Crippen molar-refractivity contribution in [2.75, 3.05) is 13.2 Å². The Morgan fingerprint density at radius 3 is 3.21 bits per heavy atom. The van der Waals surface area contributed by atoms with Crippen LogP contribution in [0.1, 0.15) is 23.0 Å². The van der Waals surface area contributed by atoms with Gasteiger partial charge in [-0.3, -0.25) is 4.79 Å². The fourth-order valence-electron chi connectivity index (χ4n) is 1.57. The number of carbonyl (C=O) groups excluding carboxylic acids is 1. The van der Waals surface area contributed by atoms with E-state index in [1.165, 1.54) is 11.3 Å². The maximum atomic E-state index is 11.9. The molecule has 0 N–H and O–H groups in total. The van der Waals surface area contributed by atoms with Gasteiger partial charge >= 0.3 is 0 Å². The average Bonchev–Trinajstić information content (AvgIpc) is 2.70. The Kier molecular flexibility index (Phi) is 2.84. The van der Waals surface area contributed by atoms with Crippen LogP contribution in [0, 0.1) is 0 Å². The van der Waals surface area contributed by atoms with Crippen LogP contribution in [0.2, 0.25) is 0 Å². The van der Waals surface area contributed by atoms with E-state index in [0.29, 0.717) is 0 Å². The number of nitrogens with zero attached hydrogens (tertiary/aromatic N) is 1. The summed E-state index contributed by atoms with van der Waals surface area (Å²) in [4.78, 5) is 14.5. The highest BCUT2D eigenvalue weighted by molar-refractivity contribution is 7.12. The van der Waals surface area contributed by atoms with Gasteiger partial charge in [0.1, 0.15) is 6.23 Å². The van der Waals surface area contributed by atoms with Gasteiger partial charge in [-0.1, -0.05) is 6.07 Å². The van der Waals surface area contributed by atoms with Crippen LogP contribution in [0.25, 0.3) is 0 Å². The molecule has 76 valence electrons. The van der Waals surface area contributed by atoms with E-state index in [1.54, 1.807) is 4.90 Å². The summed E-state index contributed by atoms with van der Waals surface area (Å²) in [6.45, 7) is 3.48. The predicted molar refractivity (Wildman–Crippen MR) is 55.4 cm³/mol. The Bertz CT molecular complexity index is 310. The summed E-state index contributed by atoms with van der Waals surface area (Å²) in [7, 11) is 0. The lowest BCUT2D eigenvalue weighted by Crippen LogP contribution is -2.44. The third-order valence-electron chi connectivity index (χ3n) is 2.33. The van der Waals surface area contributed by atoms with Gasteiger partial charge in [0.2, 0.25) is 0 Å². The highest BCUT2D eigenvalue weighted by Gasteiger charge is 2.25. The molecule has 4 heteroatoms. The second kappa shape index (κ2) is 4.11. The lowest BCUT2D eigenvalue weighted by Gasteiger charge is -2.32. The van der Waals surface area contributed by atoms with E-state index in [9.17, 15) is 4.79 Å². The highest BCUT2D eigenvalue weighted by Crippen LogP contribution is 2.17. The third kappa shape index (κ3) is 1.81. The zero-order valence-corrected chi connectivity index (χ0v) is 8.92. The van der Waals surface area contributed by atoms with Crippen LogP contribution < -0.4 is 0 Å². The first-order chi connectivity index (χ1) is 6.79. The summed E-state index contributed by atoms with van der Waals surface area (Å²) >= 11 is 1.48. The molecule has 1 aliphatic rings. The molecule has 3 nitrogen and oxygen atoms in total. The Morgan fingerprint density at radius 2 is 2.57 bits per heavy atom. The SMILES string of the molecule is CC1OCCCN1C(=O)c1cccs1. The molecule has 0 radical (unpaired) electrons. The van der Waals surface area contributed by atoms with Crippen molar-refractivity contribution in [3.63, 3.8) is 0 Å². The molecule has 1 saturated heterocycles. The summed E-state index contributed by atoms with van der Waals surface area (Å²) in [5.41, 5.74) is 0. The average molecular weight is 211 g/mol. The van der Waals surface area contributed by atoms with Gasteiger partial charge in [-0.05, 0) is 24.8 Å². The number of hydrogen-bond acceptors (Lipinski definition) is 3. The van der Waals surface area contributed by atoms with Crippen molar-refractivity contribution in [3.05, 3.63) is 22.4 Å². The minimum absolute atomic E-state index is 0.0849. The van der Waals surface area contributed by atoms with Gasteiger partial charge in [0.25, 0.3) is 5.91 Å². The number of rotatable bonds is 1. The van der Waals surface area contributed by atoms with Crippen LogP contribution in [0.3, 0.4) is 0 Å². The second-order valence-corrected chi connectivity index (χ2v) is 4.25. The zero-order valence-electron chi connectivity index (χ0n) is 8.10. The normalized spacial score (nSPS) is 22.4. The maximum absolute atomic E-state index is 11.9. The standard InChI is InChI=1S/C10H13NO2S/c1-8-11(5-3-6-13-8)10(12)9-4-2-7-14-9/h2,4,7-8H,3,5-6H2,1H3. The minimum atomic E-state index is -0.0849. The zero-order chi connectivity index (χ0) is 9.97. The first-order valence-corrected chi connectivity index (χ1v) is 5.63. The van der Waals surface area contributed by atoms with Crippen LogP contribution >= 0.6 is 11.3 Å². The first kappa shape index (κ1) is 9.68. The van der Waals surface area contributed by atoms with Crippen molar-refractivity contribution in [1.29, 1.82) is 0 Å². The molecule has 0 bridgehead atoms. The summed E-state index contributed by atoms with van der Waals surface area (Å²) in [5, 5.41) is 1.92. The van der Waals surface area contributed by atoms with Gasteiger partial charge < -0.3 is 9.64 Å². The van der Waals surface area contributed by atoms with Crippen LogP contribution in [0.5, 0.6) is 0 Å². The van der Waals surface area contributed by atoms with Gasteiger partial charge in [-0.2, -0.15) is 0 Å². The topological polar surface area (TPSA) is 29.5 Å². The van der Waals surface area contributed by atoms with Crippen LogP contribution in [0.4, 0.5) is 0 Å². The smallest absolute Gasteiger partial charge is 0.265 e. The first-order valence-electron chi connectivity index (χ1n) is 4.75. The third-order valence-corrected chi connectivity index (χ3v) is 3.19. The largest absolute Gasteiger partial charge is 0.359 e. The molecule has 0 spiro atoms. The van der Waals surface area contributed by atoms with Crippen LogP contribution in [-0.2, 0) is 4.74 Å². The fraction of sp³-hybridized carbons (Fsp3) is 0.500. The Balaban J connectivity index is 2.10. The van der Waals surface area contributed by atoms with Crippen molar-refractivity contribution in [2.45, 2.75) is 19.6 Å². The van der Waals surface area contributed by atoms with Gasteiger partial charge in [0.05, 0.1) is 11.5 Å². The van der Waals surface area contributed by atoms with Crippen molar-refractivity contribution in [3.8, 4) is 0 Å². The summed E-state index contributed by atoms with van der Waals surface area (Å²) in [6.07, 6.45) is 0.847. The molecule has 2 rings (SSSR count). The summed E-state index contributed by atoms with van der Waals surface area (Å²) in [6, 6.07) is 3.75. The molecule has 1 aromatic rings. The van der Waals surface area contributed by atoms with E-state index in [1.807, 2.05) is 24.4 Å². The minimum Gasteiger partial charge on any atom is -0.359 e. The molecule has 14 heavy (non-hydrogen) atoms. The van der Waals surface area contributed by atoms with Crippen LogP contribution in [-0.4, -0.2) is 30.2 Å². The van der Waals surface area contributed by atoms with Crippen molar-refractivity contribution < 1.29 is 9.53 Å². The highest BCUT2D eigenvalue weighted by atomic mass is 32.1. The number of amides is 1. The second-order valence-electron chi connectivity index (χ2n) is 3.30. The molecule has 1 amide bonds. The summed E-state index contributed by atoms with van der Waals surface area (Å²) < 4.78 is 5.42. The number of carbonyl (C=O) groups is 1. The lowest BCUT2D eigenvalue weighted by molar-refractivity contribution is -0.0659. The Labute approximate surface area is 87.3 Å². The van der Waals surface area contributed by atoms with Gasteiger partial charge in [0.15, 0.2) is 0 Å². The molecule has 0 saturated carbocycles. The molecular formula is C10H13NO2S. The molecule has 2 heterocycles. The molecular weight excluding hydrogens is 198 g/mol. The van der Waals surface area contributed by atoms with Gasteiger partial charge in [-0.25, -0.2) is 0 Å².